The molecule has 1 aliphatic heterocycles. The lowest BCUT2D eigenvalue weighted by Gasteiger charge is -2.43. The highest BCUT2D eigenvalue weighted by molar-refractivity contribution is 5.92. The average Bonchev–Trinajstić information content (AvgIpc) is 3.47. The van der Waals surface area contributed by atoms with E-state index in [1.807, 2.05) is 23.1 Å². The average molecular weight is 399 g/mol. The Bertz CT molecular complexity index is 946. The SMILES string of the molecule is COC(=O)c1cc([N+](=O)[O-])c(N2CCN(Cc3ccccc3)CC23CC3)cc1F. The van der Waals surface area contributed by atoms with E-state index in [0.717, 1.165) is 45.2 Å². The van der Waals surface area contributed by atoms with E-state index in [1.165, 1.54) is 5.56 Å². The zero-order valence-electron chi connectivity index (χ0n) is 16.1. The van der Waals surface area contributed by atoms with Crippen molar-refractivity contribution in [3.8, 4) is 0 Å². The molecule has 2 fully saturated rings. The number of hydrogen-bond acceptors (Lipinski definition) is 6. The number of carbonyl (C=O) groups excluding carboxylic acids is 1. The minimum absolute atomic E-state index is 0.225. The Kier molecular flexibility index (Phi) is 4.96. The summed E-state index contributed by atoms with van der Waals surface area (Å²) in [7, 11) is 1.12. The largest absolute Gasteiger partial charge is 0.465 e. The molecular weight excluding hydrogens is 377 g/mol. The summed E-state index contributed by atoms with van der Waals surface area (Å²) in [6, 6.07) is 12.3. The summed E-state index contributed by atoms with van der Waals surface area (Å²) in [6.45, 7) is 2.85. The summed E-state index contributed by atoms with van der Waals surface area (Å²) in [5.41, 5.74) is 0.537. The lowest BCUT2D eigenvalue weighted by molar-refractivity contribution is -0.384. The Labute approximate surface area is 167 Å². The van der Waals surface area contributed by atoms with E-state index in [4.69, 9.17) is 0 Å². The molecule has 29 heavy (non-hydrogen) atoms. The second kappa shape index (κ2) is 7.44. The van der Waals surface area contributed by atoms with Crippen LogP contribution in [0.2, 0.25) is 0 Å². The number of halogens is 1. The number of anilines is 1. The van der Waals surface area contributed by atoms with E-state index in [2.05, 4.69) is 21.8 Å². The second-order valence-corrected chi connectivity index (χ2v) is 7.64. The number of nitrogens with zero attached hydrogens (tertiary/aromatic N) is 3. The van der Waals surface area contributed by atoms with Crippen LogP contribution in [-0.2, 0) is 11.3 Å². The van der Waals surface area contributed by atoms with Crippen LogP contribution in [0.1, 0.15) is 28.8 Å². The van der Waals surface area contributed by atoms with Crippen molar-refractivity contribution in [1.82, 2.24) is 4.90 Å². The van der Waals surface area contributed by atoms with Gasteiger partial charge in [0.1, 0.15) is 17.1 Å². The van der Waals surface area contributed by atoms with Crippen LogP contribution >= 0.6 is 0 Å². The van der Waals surface area contributed by atoms with Crippen LogP contribution in [0.4, 0.5) is 15.8 Å². The number of nitro benzene ring substituents is 1. The van der Waals surface area contributed by atoms with Gasteiger partial charge < -0.3 is 9.64 Å². The van der Waals surface area contributed by atoms with Crippen LogP contribution in [0, 0.1) is 15.9 Å². The first-order valence-electron chi connectivity index (χ1n) is 9.54. The maximum absolute atomic E-state index is 14.6. The third-order valence-electron chi connectivity index (χ3n) is 5.76. The number of methoxy groups -OCH3 is 1. The Morgan fingerprint density at radius 2 is 1.97 bits per heavy atom. The van der Waals surface area contributed by atoms with Gasteiger partial charge in [0, 0.05) is 38.3 Å². The van der Waals surface area contributed by atoms with Gasteiger partial charge in [-0.3, -0.25) is 15.0 Å². The third-order valence-corrected chi connectivity index (χ3v) is 5.76. The van der Waals surface area contributed by atoms with Gasteiger partial charge in [-0.05, 0) is 18.4 Å². The Morgan fingerprint density at radius 3 is 2.59 bits per heavy atom. The summed E-state index contributed by atoms with van der Waals surface area (Å²) in [5, 5.41) is 11.7. The Balaban J connectivity index is 1.61. The monoisotopic (exact) mass is 399 g/mol. The summed E-state index contributed by atoms with van der Waals surface area (Å²) in [6.07, 6.45) is 1.80. The number of piperazine rings is 1. The quantitative estimate of drug-likeness (QED) is 0.436. The fourth-order valence-corrected chi connectivity index (χ4v) is 4.16. The van der Waals surface area contributed by atoms with Gasteiger partial charge in [0.05, 0.1) is 17.6 Å². The van der Waals surface area contributed by atoms with Gasteiger partial charge in [-0.15, -0.1) is 0 Å². The van der Waals surface area contributed by atoms with E-state index >= 15 is 0 Å². The normalized spacial score (nSPS) is 17.9. The van der Waals surface area contributed by atoms with Gasteiger partial charge in [-0.25, -0.2) is 9.18 Å². The second-order valence-electron chi connectivity index (χ2n) is 7.64. The summed E-state index contributed by atoms with van der Waals surface area (Å²) < 4.78 is 19.1. The van der Waals surface area contributed by atoms with E-state index in [9.17, 15) is 19.3 Å². The van der Waals surface area contributed by atoms with Crippen molar-refractivity contribution in [2.75, 3.05) is 31.6 Å². The molecule has 1 aliphatic carbocycles. The number of nitro groups is 1. The van der Waals surface area contributed by atoms with Crippen molar-refractivity contribution in [3.63, 3.8) is 0 Å². The first-order chi connectivity index (χ1) is 13.9. The van der Waals surface area contributed by atoms with Crippen molar-refractivity contribution in [2.24, 2.45) is 0 Å². The van der Waals surface area contributed by atoms with Crippen molar-refractivity contribution in [3.05, 3.63) is 69.5 Å². The minimum atomic E-state index is -0.925. The lowest BCUT2D eigenvalue weighted by atomic mass is 10.0. The van der Waals surface area contributed by atoms with Crippen LogP contribution < -0.4 is 4.90 Å². The van der Waals surface area contributed by atoms with Crippen molar-refractivity contribution in [2.45, 2.75) is 24.9 Å². The molecule has 2 aromatic rings. The third kappa shape index (κ3) is 3.67. The first-order valence-corrected chi connectivity index (χ1v) is 9.54. The Morgan fingerprint density at radius 1 is 1.24 bits per heavy atom. The van der Waals surface area contributed by atoms with E-state index in [0.29, 0.717) is 13.1 Å². The van der Waals surface area contributed by atoms with Crippen LogP contribution in [0.25, 0.3) is 0 Å². The standard InChI is InChI=1S/C21H22FN3O4/c1-29-20(26)16-11-19(25(27)28)18(12-17(16)22)24-10-9-23(14-21(24)7-8-21)13-15-5-3-2-4-6-15/h2-6,11-12H,7-10,13-14H2,1H3. The van der Waals surface area contributed by atoms with Gasteiger partial charge in [0.2, 0.25) is 0 Å². The van der Waals surface area contributed by atoms with Crippen molar-refractivity contribution < 1.29 is 18.8 Å². The molecule has 1 spiro atoms. The smallest absolute Gasteiger partial charge is 0.341 e. The highest BCUT2D eigenvalue weighted by Gasteiger charge is 2.52. The number of esters is 1. The van der Waals surface area contributed by atoms with E-state index < -0.39 is 22.3 Å². The molecule has 8 heteroatoms. The molecule has 0 bridgehead atoms. The van der Waals surface area contributed by atoms with E-state index in [-0.39, 0.29) is 16.9 Å². The maximum atomic E-state index is 14.6. The lowest BCUT2D eigenvalue weighted by Crippen LogP contribution is -2.55. The van der Waals surface area contributed by atoms with E-state index in [1.54, 1.807) is 0 Å². The molecule has 4 rings (SSSR count). The number of benzene rings is 2. The molecule has 7 nitrogen and oxygen atoms in total. The molecule has 0 N–H and O–H groups in total. The highest BCUT2D eigenvalue weighted by Crippen LogP contribution is 2.49. The molecular formula is C21H22FN3O4. The van der Waals surface area contributed by atoms with Crippen molar-refractivity contribution in [1.29, 1.82) is 0 Å². The van der Waals surface area contributed by atoms with Crippen LogP contribution in [-0.4, -0.2) is 48.1 Å². The van der Waals surface area contributed by atoms with Crippen LogP contribution in [0.3, 0.4) is 0 Å². The van der Waals surface area contributed by atoms with Gasteiger partial charge in [-0.1, -0.05) is 30.3 Å². The predicted molar refractivity (Wildman–Crippen MR) is 105 cm³/mol. The summed E-state index contributed by atoms with van der Waals surface area (Å²) in [5.74, 6) is -1.73. The number of ether oxygens (including phenoxy) is 1. The first kappa shape index (κ1) is 19.3. The summed E-state index contributed by atoms with van der Waals surface area (Å²) in [4.78, 5) is 27.1. The van der Waals surface area contributed by atoms with Crippen LogP contribution in [0.15, 0.2) is 42.5 Å². The molecule has 0 amide bonds. The zero-order valence-corrected chi connectivity index (χ0v) is 16.1. The molecule has 152 valence electrons. The van der Waals surface area contributed by atoms with Crippen LogP contribution in [0.5, 0.6) is 0 Å². The predicted octanol–water partition coefficient (Wildman–Crippen LogP) is 3.38. The highest BCUT2D eigenvalue weighted by atomic mass is 19.1. The topological polar surface area (TPSA) is 75.9 Å². The molecule has 0 atom stereocenters. The molecule has 2 aromatic carbocycles. The van der Waals surface area contributed by atoms with Crippen molar-refractivity contribution >= 4 is 17.3 Å². The maximum Gasteiger partial charge on any atom is 0.341 e. The molecule has 1 saturated carbocycles. The number of hydrogen-bond donors (Lipinski definition) is 0. The molecule has 1 saturated heterocycles. The molecule has 1 heterocycles. The number of carbonyl (C=O) groups is 1. The van der Waals surface area contributed by atoms with Gasteiger partial charge >= 0.3 is 5.97 Å². The number of rotatable bonds is 5. The fraction of sp³-hybridized carbons (Fsp3) is 0.381. The minimum Gasteiger partial charge on any atom is -0.465 e. The molecule has 0 unspecified atom stereocenters. The Hall–Kier alpha value is -3.00. The summed E-state index contributed by atoms with van der Waals surface area (Å²) >= 11 is 0. The van der Waals surface area contributed by atoms with Gasteiger partial charge in [0.15, 0.2) is 0 Å². The zero-order chi connectivity index (χ0) is 20.6. The fourth-order valence-electron chi connectivity index (χ4n) is 4.16. The molecule has 0 aromatic heterocycles. The van der Waals surface area contributed by atoms with Gasteiger partial charge in [-0.2, -0.15) is 0 Å². The van der Waals surface area contributed by atoms with Gasteiger partial charge in [0.25, 0.3) is 5.69 Å². The molecule has 2 aliphatic rings. The molecule has 0 radical (unpaired) electrons.